The van der Waals surface area contributed by atoms with Gasteiger partial charge in [0.2, 0.25) is 0 Å². The number of esters is 1. The fourth-order valence-electron chi connectivity index (χ4n) is 4.59. The quantitative estimate of drug-likeness (QED) is 0.202. The lowest BCUT2D eigenvalue weighted by molar-refractivity contribution is 0.0727. The van der Waals surface area contributed by atoms with Gasteiger partial charge in [-0.05, 0) is 73.6 Å². The summed E-state index contributed by atoms with van der Waals surface area (Å²) in [5.41, 5.74) is 1.15. The number of halogens is 1. The number of carbonyl (C=O) groups excluding carboxylic acids is 1. The van der Waals surface area contributed by atoms with Gasteiger partial charge in [-0.2, -0.15) is 0 Å². The second-order valence-corrected chi connectivity index (χ2v) is 9.22. The number of ether oxygens (including phenoxy) is 2. The van der Waals surface area contributed by atoms with Gasteiger partial charge in [0.15, 0.2) is 11.6 Å². The van der Waals surface area contributed by atoms with E-state index in [1.54, 1.807) is 37.3 Å². The zero-order valence-corrected chi connectivity index (χ0v) is 19.6. The second-order valence-electron chi connectivity index (χ2n) is 9.22. The Morgan fingerprint density at radius 3 is 2.22 bits per heavy atom. The molecular formula is C28H37FO3. The molecule has 0 aliphatic heterocycles. The molecule has 1 fully saturated rings. The molecule has 0 bridgehead atoms. The number of hydrogen-bond donors (Lipinski definition) is 0. The van der Waals surface area contributed by atoms with E-state index in [-0.39, 0.29) is 5.75 Å². The third-order valence-corrected chi connectivity index (χ3v) is 6.59. The molecule has 0 atom stereocenters. The number of carbonyl (C=O) groups is 1. The van der Waals surface area contributed by atoms with Gasteiger partial charge >= 0.3 is 5.97 Å². The molecular weight excluding hydrogens is 403 g/mol. The van der Waals surface area contributed by atoms with Crippen molar-refractivity contribution in [2.75, 3.05) is 6.61 Å². The minimum absolute atomic E-state index is 0.0593. The summed E-state index contributed by atoms with van der Waals surface area (Å²) >= 11 is 0. The van der Waals surface area contributed by atoms with Crippen molar-refractivity contribution in [3.8, 4) is 11.5 Å². The van der Waals surface area contributed by atoms with Gasteiger partial charge in [-0.3, -0.25) is 0 Å². The van der Waals surface area contributed by atoms with Crippen LogP contribution in [-0.2, 0) is 0 Å². The largest absolute Gasteiger partial charge is 0.494 e. The molecule has 0 aromatic heterocycles. The molecule has 0 unspecified atom stereocenters. The van der Waals surface area contributed by atoms with Crippen LogP contribution in [0.3, 0.4) is 0 Å². The molecule has 174 valence electrons. The molecule has 1 aliphatic carbocycles. The molecule has 4 heteroatoms. The molecule has 0 amide bonds. The Morgan fingerprint density at radius 1 is 0.938 bits per heavy atom. The molecule has 1 aliphatic rings. The fourth-order valence-corrected chi connectivity index (χ4v) is 4.59. The Bertz CT molecular complexity index is 838. The van der Waals surface area contributed by atoms with Crippen molar-refractivity contribution < 1.29 is 18.7 Å². The third-order valence-electron chi connectivity index (χ3n) is 6.59. The van der Waals surface area contributed by atoms with E-state index in [2.05, 4.69) is 6.92 Å². The minimum atomic E-state index is -0.579. The van der Waals surface area contributed by atoms with E-state index in [0.717, 1.165) is 29.6 Å². The highest BCUT2D eigenvalue weighted by Crippen LogP contribution is 2.34. The van der Waals surface area contributed by atoms with E-state index in [4.69, 9.17) is 9.47 Å². The van der Waals surface area contributed by atoms with Crippen molar-refractivity contribution in [2.45, 2.75) is 78.1 Å². The molecule has 0 radical (unpaired) electrons. The van der Waals surface area contributed by atoms with Crippen molar-refractivity contribution in [3.05, 3.63) is 59.4 Å². The van der Waals surface area contributed by atoms with Crippen LogP contribution < -0.4 is 9.47 Å². The minimum Gasteiger partial charge on any atom is -0.494 e. The number of unbranched alkanes of at least 4 members (excludes halogenated alkanes) is 2. The first-order valence-corrected chi connectivity index (χ1v) is 12.3. The van der Waals surface area contributed by atoms with Crippen LogP contribution in [0.25, 0.3) is 0 Å². The van der Waals surface area contributed by atoms with E-state index < -0.39 is 11.8 Å². The Morgan fingerprint density at radius 2 is 1.59 bits per heavy atom. The van der Waals surface area contributed by atoms with Crippen molar-refractivity contribution in [3.63, 3.8) is 0 Å². The molecule has 3 nitrogen and oxygen atoms in total. The van der Waals surface area contributed by atoms with E-state index in [0.29, 0.717) is 12.2 Å². The number of hydrogen-bond acceptors (Lipinski definition) is 3. The van der Waals surface area contributed by atoms with Crippen LogP contribution in [0.5, 0.6) is 11.5 Å². The maximum absolute atomic E-state index is 13.9. The number of benzene rings is 2. The van der Waals surface area contributed by atoms with E-state index in [1.165, 1.54) is 69.9 Å². The first kappa shape index (κ1) is 24.3. The van der Waals surface area contributed by atoms with Crippen LogP contribution in [0, 0.1) is 24.6 Å². The Kier molecular flexibility index (Phi) is 9.58. The highest BCUT2D eigenvalue weighted by molar-refractivity contribution is 5.91. The van der Waals surface area contributed by atoms with E-state index in [9.17, 15) is 9.18 Å². The standard InChI is InChI=1S/C28H37FO3/c1-3-4-5-7-22-10-12-23(13-11-22)8-6-19-31-25-16-14-24(15-17-25)28(30)32-27-18-9-21(2)20-26(27)29/h9,14-18,20,22-23H,3-8,10-13,19H2,1-2H3/t22-,23-. The first-order valence-electron chi connectivity index (χ1n) is 12.3. The lowest BCUT2D eigenvalue weighted by Crippen LogP contribution is -2.15. The average Bonchev–Trinajstić information content (AvgIpc) is 2.80. The topological polar surface area (TPSA) is 35.5 Å². The molecule has 0 saturated heterocycles. The van der Waals surface area contributed by atoms with Gasteiger partial charge in [-0.25, -0.2) is 9.18 Å². The van der Waals surface area contributed by atoms with Gasteiger partial charge in [-0.1, -0.05) is 64.4 Å². The number of rotatable bonds is 11. The zero-order chi connectivity index (χ0) is 22.8. The normalized spacial score (nSPS) is 18.3. The predicted molar refractivity (Wildman–Crippen MR) is 127 cm³/mol. The highest BCUT2D eigenvalue weighted by Gasteiger charge is 2.20. The van der Waals surface area contributed by atoms with Gasteiger partial charge in [0.25, 0.3) is 0 Å². The lowest BCUT2D eigenvalue weighted by Gasteiger charge is -2.28. The van der Waals surface area contributed by atoms with Crippen LogP contribution in [0.2, 0.25) is 0 Å². The molecule has 3 rings (SSSR count). The molecule has 0 heterocycles. The summed E-state index contributed by atoms with van der Waals surface area (Å²) in [5.74, 6) is 1.37. The van der Waals surface area contributed by atoms with Crippen LogP contribution in [0.15, 0.2) is 42.5 Å². The Balaban J connectivity index is 1.34. The SMILES string of the molecule is CCCCC[C@H]1CC[C@H](CCCOc2ccc(C(=O)Oc3ccc(C)cc3F)cc2)CC1. The van der Waals surface area contributed by atoms with Crippen molar-refractivity contribution in [1.29, 1.82) is 0 Å². The summed E-state index contributed by atoms with van der Waals surface area (Å²) in [5, 5.41) is 0. The van der Waals surface area contributed by atoms with Gasteiger partial charge in [0.05, 0.1) is 12.2 Å². The fraction of sp³-hybridized carbons (Fsp3) is 0.536. The maximum atomic E-state index is 13.9. The molecule has 2 aromatic carbocycles. The lowest BCUT2D eigenvalue weighted by atomic mass is 9.78. The summed E-state index contributed by atoms with van der Waals surface area (Å²) in [7, 11) is 0. The van der Waals surface area contributed by atoms with E-state index >= 15 is 0 Å². The molecule has 2 aromatic rings. The second kappa shape index (κ2) is 12.6. The van der Waals surface area contributed by atoms with Crippen molar-refractivity contribution in [1.82, 2.24) is 0 Å². The van der Waals surface area contributed by atoms with Crippen molar-refractivity contribution >= 4 is 5.97 Å². The van der Waals surface area contributed by atoms with Gasteiger partial charge in [0.1, 0.15) is 5.75 Å². The maximum Gasteiger partial charge on any atom is 0.343 e. The monoisotopic (exact) mass is 440 g/mol. The molecule has 0 spiro atoms. The Labute approximate surface area is 192 Å². The smallest absolute Gasteiger partial charge is 0.343 e. The van der Waals surface area contributed by atoms with Gasteiger partial charge in [-0.15, -0.1) is 0 Å². The molecule has 1 saturated carbocycles. The van der Waals surface area contributed by atoms with E-state index in [1.807, 2.05) is 0 Å². The van der Waals surface area contributed by atoms with Crippen molar-refractivity contribution in [2.24, 2.45) is 11.8 Å². The van der Waals surface area contributed by atoms with Crippen LogP contribution in [-0.4, -0.2) is 12.6 Å². The molecule has 32 heavy (non-hydrogen) atoms. The summed E-state index contributed by atoms with van der Waals surface area (Å²) in [4.78, 5) is 12.3. The van der Waals surface area contributed by atoms with Gasteiger partial charge < -0.3 is 9.47 Å². The summed E-state index contributed by atoms with van der Waals surface area (Å²) in [6.45, 7) is 4.75. The summed E-state index contributed by atoms with van der Waals surface area (Å²) in [6.07, 6.45) is 13.4. The zero-order valence-electron chi connectivity index (χ0n) is 19.6. The third kappa shape index (κ3) is 7.65. The van der Waals surface area contributed by atoms with Crippen LogP contribution in [0.4, 0.5) is 4.39 Å². The predicted octanol–water partition coefficient (Wildman–Crippen LogP) is 7.90. The first-order chi connectivity index (χ1) is 15.5. The average molecular weight is 441 g/mol. The summed E-state index contributed by atoms with van der Waals surface area (Å²) in [6, 6.07) is 11.4. The highest BCUT2D eigenvalue weighted by atomic mass is 19.1. The summed E-state index contributed by atoms with van der Waals surface area (Å²) < 4.78 is 24.9. The number of aryl methyl sites for hydroxylation is 1. The van der Waals surface area contributed by atoms with Gasteiger partial charge in [0, 0.05) is 0 Å². The van der Waals surface area contributed by atoms with Crippen LogP contribution in [0.1, 0.15) is 87.1 Å². The molecule has 0 N–H and O–H groups in total. The van der Waals surface area contributed by atoms with Crippen LogP contribution >= 0.6 is 0 Å². The Hall–Kier alpha value is -2.36.